The maximum Gasteiger partial charge on any atom is 0.258 e. The average molecular weight is 457 g/mol. The molecule has 10 heteroatoms. The van der Waals surface area contributed by atoms with Crippen LogP contribution in [0.15, 0.2) is 40.1 Å². The molecule has 2 aliphatic heterocycles. The number of hydrogen-bond acceptors (Lipinski definition) is 9. The predicted octanol–water partition coefficient (Wildman–Crippen LogP) is 4.59. The molecule has 1 fully saturated rings. The van der Waals surface area contributed by atoms with E-state index in [0.717, 1.165) is 25.2 Å². The van der Waals surface area contributed by atoms with Gasteiger partial charge in [0.25, 0.3) is 5.90 Å². The van der Waals surface area contributed by atoms with E-state index >= 15 is 0 Å². The zero-order valence-corrected chi connectivity index (χ0v) is 18.4. The normalized spacial score (nSPS) is 20.6. The third-order valence-electron chi connectivity index (χ3n) is 4.67. The first-order valence-electron chi connectivity index (χ1n) is 9.82. The SMILES string of the molecule is CCOc1ccc(N=C2OC(=Cc3sc(=S)n(CC4CCCO4)c3O)N=C2C#N)cc1. The molecule has 1 unspecified atom stereocenters. The summed E-state index contributed by atoms with van der Waals surface area (Å²) in [5, 5.41) is 20.0. The van der Waals surface area contributed by atoms with Gasteiger partial charge in [0.15, 0.2) is 3.95 Å². The van der Waals surface area contributed by atoms with E-state index < -0.39 is 0 Å². The van der Waals surface area contributed by atoms with E-state index in [4.69, 9.17) is 26.4 Å². The summed E-state index contributed by atoms with van der Waals surface area (Å²) in [6.45, 7) is 3.72. The van der Waals surface area contributed by atoms with Crippen molar-refractivity contribution < 1.29 is 19.3 Å². The Bertz CT molecular complexity index is 1150. The molecule has 4 rings (SSSR count). The van der Waals surface area contributed by atoms with Gasteiger partial charge < -0.3 is 19.3 Å². The maximum absolute atomic E-state index is 10.6. The molecular formula is C21H20N4O4S2. The highest BCUT2D eigenvalue weighted by Gasteiger charge is 2.24. The van der Waals surface area contributed by atoms with Crippen LogP contribution in [0.5, 0.6) is 11.6 Å². The second-order valence-corrected chi connectivity index (χ2v) is 8.48. The minimum atomic E-state index is 0.0345. The Morgan fingerprint density at radius 3 is 2.94 bits per heavy atom. The van der Waals surface area contributed by atoms with Crippen molar-refractivity contribution in [3.63, 3.8) is 0 Å². The summed E-state index contributed by atoms with van der Waals surface area (Å²) in [6.07, 6.45) is 3.56. The molecule has 31 heavy (non-hydrogen) atoms. The Morgan fingerprint density at radius 2 is 2.26 bits per heavy atom. The van der Waals surface area contributed by atoms with Gasteiger partial charge in [0.2, 0.25) is 17.5 Å². The van der Waals surface area contributed by atoms with Gasteiger partial charge >= 0.3 is 0 Å². The Morgan fingerprint density at radius 1 is 1.45 bits per heavy atom. The molecule has 1 aromatic heterocycles. The topological polar surface area (TPSA) is 101 Å². The summed E-state index contributed by atoms with van der Waals surface area (Å²) >= 11 is 6.64. The molecule has 0 saturated carbocycles. The van der Waals surface area contributed by atoms with Gasteiger partial charge in [0.1, 0.15) is 11.8 Å². The van der Waals surface area contributed by atoms with Gasteiger partial charge in [-0.2, -0.15) is 10.3 Å². The van der Waals surface area contributed by atoms with Crippen LogP contribution in [0.3, 0.4) is 0 Å². The number of thiazole rings is 1. The van der Waals surface area contributed by atoms with Crippen LogP contribution in [0.2, 0.25) is 0 Å². The summed E-state index contributed by atoms with van der Waals surface area (Å²) in [6, 6.07) is 9.10. The van der Waals surface area contributed by atoms with Gasteiger partial charge in [-0.05, 0) is 56.2 Å². The summed E-state index contributed by atoms with van der Waals surface area (Å²) < 4.78 is 18.9. The largest absolute Gasteiger partial charge is 0.494 e. The van der Waals surface area contributed by atoms with Crippen molar-refractivity contribution in [3.8, 4) is 17.7 Å². The van der Waals surface area contributed by atoms with E-state index in [1.807, 2.05) is 13.0 Å². The van der Waals surface area contributed by atoms with E-state index in [0.29, 0.717) is 27.7 Å². The standard InChI is InChI=1S/C21H20N4O4S2/c1-2-27-14-7-5-13(6-8-14)23-19-16(11-22)24-18(29-19)10-17-20(26)25(21(30)31-17)12-15-4-3-9-28-15/h5-8,10,15,26H,2-4,9,12H2,1H3. The van der Waals surface area contributed by atoms with Crippen molar-refractivity contribution in [1.82, 2.24) is 4.57 Å². The lowest BCUT2D eigenvalue weighted by molar-refractivity contribution is 0.0948. The van der Waals surface area contributed by atoms with Gasteiger partial charge in [0, 0.05) is 12.7 Å². The molecule has 0 aliphatic carbocycles. The van der Waals surface area contributed by atoms with E-state index in [2.05, 4.69) is 9.98 Å². The second-order valence-electron chi connectivity index (χ2n) is 6.80. The number of aromatic nitrogens is 1. The number of benzene rings is 1. The average Bonchev–Trinajstić information content (AvgIpc) is 3.47. The Kier molecular flexibility index (Phi) is 6.46. The van der Waals surface area contributed by atoms with Crippen LogP contribution in [-0.2, 0) is 16.0 Å². The van der Waals surface area contributed by atoms with Crippen LogP contribution in [0.4, 0.5) is 5.69 Å². The zero-order valence-electron chi connectivity index (χ0n) is 16.8. The van der Waals surface area contributed by atoms with Gasteiger partial charge in [-0.15, -0.1) is 11.3 Å². The van der Waals surface area contributed by atoms with Crippen LogP contribution in [0, 0.1) is 15.3 Å². The lowest BCUT2D eigenvalue weighted by atomic mass is 10.2. The Labute approximate surface area is 188 Å². The molecule has 1 atom stereocenters. The number of aromatic hydroxyl groups is 1. The maximum atomic E-state index is 10.6. The molecule has 1 aromatic carbocycles. The Hall–Kier alpha value is -3.00. The van der Waals surface area contributed by atoms with Crippen LogP contribution in [0.1, 0.15) is 24.6 Å². The third-order valence-corrected chi connectivity index (χ3v) is 6.05. The summed E-state index contributed by atoms with van der Waals surface area (Å²) in [7, 11) is 0. The molecule has 0 spiro atoms. The van der Waals surface area contributed by atoms with Gasteiger partial charge in [-0.25, -0.2) is 4.99 Å². The molecule has 1 N–H and O–H groups in total. The van der Waals surface area contributed by atoms with Gasteiger partial charge in [-0.3, -0.25) is 4.57 Å². The van der Waals surface area contributed by atoms with Crippen molar-refractivity contribution in [2.45, 2.75) is 32.4 Å². The summed E-state index contributed by atoms with van der Waals surface area (Å²) in [4.78, 5) is 9.04. The molecule has 0 amide bonds. The number of rotatable bonds is 6. The second kappa shape index (κ2) is 9.43. The quantitative estimate of drug-likeness (QED) is 0.638. The van der Waals surface area contributed by atoms with Crippen molar-refractivity contribution in [2.75, 3.05) is 13.2 Å². The first-order valence-corrected chi connectivity index (χ1v) is 11.0. The van der Waals surface area contributed by atoms with Gasteiger partial charge in [0.05, 0.1) is 29.8 Å². The van der Waals surface area contributed by atoms with Crippen molar-refractivity contribution in [3.05, 3.63) is 39.0 Å². The van der Waals surface area contributed by atoms with Crippen LogP contribution < -0.4 is 4.74 Å². The predicted molar refractivity (Wildman–Crippen MR) is 121 cm³/mol. The highest BCUT2D eigenvalue weighted by molar-refractivity contribution is 7.73. The lowest BCUT2D eigenvalue weighted by Gasteiger charge is -2.10. The minimum absolute atomic E-state index is 0.0345. The van der Waals surface area contributed by atoms with Crippen molar-refractivity contribution in [2.24, 2.45) is 9.98 Å². The first-order chi connectivity index (χ1) is 15.1. The highest BCUT2D eigenvalue weighted by atomic mass is 32.1. The number of aliphatic imine (C=N–C) groups is 2. The molecule has 2 aliphatic rings. The molecule has 0 radical (unpaired) electrons. The van der Waals surface area contributed by atoms with Crippen molar-refractivity contribution in [1.29, 1.82) is 5.26 Å². The third kappa shape index (κ3) is 4.85. The van der Waals surface area contributed by atoms with E-state index in [1.54, 1.807) is 34.9 Å². The smallest absolute Gasteiger partial charge is 0.258 e. The number of ether oxygens (including phenoxy) is 3. The number of nitrogens with zero attached hydrogens (tertiary/aromatic N) is 4. The van der Waals surface area contributed by atoms with E-state index in [1.165, 1.54) is 11.3 Å². The molecule has 3 heterocycles. The molecule has 2 aromatic rings. The van der Waals surface area contributed by atoms with E-state index in [-0.39, 0.29) is 29.5 Å². The molecule has 0 bridgehead atoms. The van der Waals surface area contributed by atoms with Gasteiger partial charge in [-0.1, -0.05) is 0 Å². The monoisotopic (exact) mass is 456 g/mol. The first kappa shape index (κ1) is 21.2. The zero-order chi connectivity index (χ0) is 21.8. The summed E-state index contributed by atoms with van der Waals surface area (Å²) in [5.74, 6) is 1.03. The van der Waals surface area contributed by atoms with E-state index in [9.17, 15) is 10.4 Å². The minimum Gasteiger partial charge on any atom is -0.494 e. The summed E-state index contributed by atoms with van der Waals surface area (Å²) in [5.41, 5.74) is 0.658. The fourth-order valence-electron chi connectivity index (χ4n) is 3.21. The molecule has 160 valence electrons. The Balaban J connectivity index is 1.55. The molecule has 1 saturated heterocycles. The fraction of sp³-hybridized carbons (Fsp3) is 0.333. The van der Waals surface area contributed by atoms with Crippen molar-refractivity contribution >= 4 is 46.9 Å². The fourth-order valence-corrected chi connectivity index (χ4v) is 4.46. The van der Waals surface area contributed by atoms with Crippen LogP contribution in [-0.4, -0.2) is 40.6 Å². The van der Waals surface area contributed by atoms with Crippen LogP contribution >= 0.6 is 23.6 Å². The lowest BCUT2D eigenvalue weighted by Crippen LogP contribution is -2.14. The van der Waals surface area contributed by atoms with Crippen LogP contribution in [0.25, 0.3) is 6.08 Å². The number of hydrogen-bond donors (Lipinski definition) is 1. The highest BCUT2D eigenvalue weighted by Crippen LogP contribution is 2.31. The molecule has 8 nitrogen and oxygen atoms in total. The molecular weight excluding hydrogens is 436 g/mol. The number of nitriles is 1.